The van der Waals surface area contributed by atoms with Crippen molar-refractivity contribution in [3.8, 4) is 0 Å². The first-order valence-electron chi connectivity index (χ1n) is 7.20. The highest BCUT2D eigenvalue weighted by Gasteiger charge is 2.37. The Morgan fingerprint density at radius 1 is 0.955 bits per heavy atom. The molecule has 1 saturated heterocycles. The van der Waals surface area contributed by atoms with Crippen LogP contribution >= 0.6 is 0 Å². The van der Waals surface area contributed by atoms with Crippen molar-refractivity contribution < 1.29 is 14.0 Å². The molecule has 1 N–H and O–H groups in total. The molecule has 1 aliphatic heterocycles. The molecule has 1 fully saturated rings. The second-order valence-corrected chi connectivity index (χ2v) is 5.66. The summed E-state index contributed by atoms with van der Waals surface area (Å²) in [6.45, 7) is 1.99. The number of carbonyl (C=O) groups is 2. The first-order chi connectivity index (χ1) is 10.5. The summed E-state index contributed by atoms with van der Waals surface area (Å²) in [4.78, 5) is 24.1. The number of imide groups is 1. The number of halogens is 1. The lowest BCUT2D eigenvalue weighted by molar-refractivity contribution is -0.135. The molecular formula is C18H16FNO2. The summed E-state index contributed by atoms with van der Waals surface area (Å²) in [5, 5.41) is 2.38. The van der Waals surface area contributed by atoms with Crippen molar-refractivity contribution in [2.75, 3.05) is 0 Å². The van der Waals surface area contributed by atoms with E-state index in [1.807, 2.05) is 31.2 Å². The molecule has 0 aliphatic carbocycles. The Bertz CT molecular complexity index is 707. The van der Waals surface area contributed by atoms with Crippen molar-refractivity contribution >= 4 is 11.8 Å². The maximum absolute atomic E-state index is 13.1. The van der Waals surface area contributed by atoms with E-state index in [-0.39, 0.29) is 30.0 Å². The van der Waals surface area contributed by atoms with Crippen LogP contribution in [0, 0.1) is 12.7 Å². The third-order valence-corrected chi connectivity index (χ3v) is 4.09. The van der Waals surface area contributed by atoms with Gasteiger partial charge in [-0.2, -0.15) is 0 Å². The molecule has 1 aliphatic rings. The normalized spacial score (nSPS) is 21.5. The predicted octanol–water partition coefficient (Wildman–Crippen LogP) is 3.05. The predicted molar refractivity (Wildman–Crippen MR) is 80.8 cm³/mol. The first kappa shape index (κ1) is 14.4. The molecule has 3 nitrogen and oxygen atoms in total. The number of hydrogen-bond donors (Lipinski definition) is 1. The van der Waals surface area contributed by atoms with Gasteiger partial charge in [0.25, 0.3) is 0 Å². The molecule has 1 heterocycles. The number of rotatable bonds is 2. The molecule has 2 unspecified atom stereocenters. The van der Waals surface area contributed by atoms with E-state index in [0.717, 1.165) is 16.7 Å². The SMILES string of the molecule is Cc1ccc(C2CC(=O)NC(=O)C2c2ccc(F)cc2)cc1. The number of piperidine rings is 1. The fourth-order valence-corrected chi connectivity index (χ4v) is 2.94. The van der Waals surface area contributed by atoms with Gasteiger partial charge in [0.05, 0.1) is 5.92 Å². The average Bonchev–Trinajstić information content (AvgIpc) is 2.49. The van der Waals surface area contributed by atoms with E-state index < -0.39 is 5.92 Å². The van der Waals surface area contributed by atoms with E-state index in [0.29, 0.717) is 0 Å². The van der Waals surface area contributed by atoms with E-state index >= 15 is 0 Å². The maximum Gasteiger partial charge on any atom is 0.234 e. The minimum atomic E-state index is -0.485. The van der Waals surface area contributed by atoms with Crippen LogP contribution in [0.3, 0.4) is 0 Å². The van der Waals surface area contributed by atoms with E-state index in [4.69, 9.17) is 0 Å². The minimum Gasteiger partial charge on any atom is -0.296 e. The van der Waals surface area contributed by atoms with Gasteiger partial charge in [0.15, 0.2) is 0 Å². The fraction of sp³-hybridized carbons (Fsp3) is 0.222. The highest BCUT2D eigenvalue weighted by Crippen LogP contribution is 2.38. The Labute approximate surface area is 128 Å². The van der Waals surface area contributed by atoms with E-state index in [2.05, 4.69) is 5.32 Å². The Balaban J connectivity index is 2.02. The molecule has 112 valence electrons. The van der Waals surface area contributed by atoms with Crippen LogP contribution in [0.2, 0.25) is 0 Å². The van der Waals surface area contributed by atoms with Gasteiger partial charge in [-0.15, -0.1) is 0 Å². The molecule has 4 heteroatoms. The summed E-state index contributed by atoms with van der Waals surface area (Å²) in [5.41, 5.74) is 2.79. The van der Waals surface area contributed by atoms with Gasteiger partial charge in [0, 0.05) is 12.3 Å². The summed E-state index contributed by atoms with van der Waals surface area (Å²) < 4.78 is 13.1. The average molecular weight is 297 g/mol. The van der Waals surface area contributed by atoms with Crippen LogP contribution < -0.4 is 5.32 Å². The molecule has 0 saturated carbocycles. The van der Waals surface area contributed by atoms with Crippen LogP contribution in [0.15, 0.2) is 48.5 Å². The Hall–Kier alpha value is -2.49. The summed E-state index contributed by atoms with van der Waals surface area (Å²) in [6.07, 6.45) is 0.247. The van der Waals surface area contributed by atoms with Crippen LogP contribution in [-0.4, -0.2) is 11.8 Å². The van der Waals surface area contributed by atoms with Crippen molar-refractivity contribution in [1.82, 2.24) is 5.32 Å². The van der Waals surface area contributed by atoms with E-state index in [9.17, 15) is 14.0 Å². The van der Waals surface area contributed by atoms with Gasteiger partial charge in [-0.05, 0) is 30.2 Å². The van der Waals surface area contributed by atoms with Crippen LogP contribution in [0.25, 0.3) is 0 Å². The van der Waals surface area contributed by atoms with Gasteiger partial charge in [0.1, 0.15) is 5.82 Å². The number of nitrogens with one attached hydrogen (secondary N) is 1. The molecule has 2 amide bonds. The highest BCUT2D eigenvalue weighted by atomic mass is 19.1. The second kappa shape index (κ2) is 5.72. The standard InChI is InChI=1S/C18H16FNO2/c1-11-2-4-12(5-3-11)15-10-16(21)20-18(22)17(15)13-6-8-14(19)9-7-13/h2-9,15,17H,10H2,1H3,(H,20,21,22). The number of amides is 2. The molecule has 2 aromatic carbocycles. The zero-order chi connectivity index (χ0) is 15.7. The highest BCUT2D eigenvalue weighted by molar-refractivity contribution is 6.02. The monoisotopic (exact) mass is 297 g/mol. The molecule has 0 spiro atoms. The van der Waals surface area contributed by atoms with Gasteiger partial charge in [-0.25, -0.2) is 4.39 Å². The van der Waals surface area contributed by atoms with Crippen LogP contribution in [0.4, 0.5) is 4.39 Å². The smallest absolute Gasteiger partial charge is 0.234 e. The van der Waals surface area contributed by atoms with Crippen molar-refractivity contribution in [3.05, 3.63) is 71.0 Å². The zero-order valence-corrected chi connectivity index (χ0v) is 12.2. The molecular weight excluding hydrogens is 281 g/mol. The lowest BCUT2D eigenvalue weighted by atomic mass is 9.76. The zero-order valence-electron chi connectivity index (χ0n) is 12.2. The maximum atomic E-state index is 13.1. The molecule has 0 aromatic heterocycles. The quantitative estimate of drug-likeness (QED) is 0.866. The van der Waals surface area contributed by atoms with Crippen molar-refractivity contribution in [2.24, 2.45) is 0 Å². The van der Waals surface area contributed by atoms with Gasteiger partial charge in [-0.1, -0.05) is 42.0 Å². The lowest BCUT2D eigenvalue weighted by Crippen LogP contribution is -2.43. The number of aryl methyl sites for hydroxylation is 1. The molecule has 0 bridgehead atoms. The molecule has 2 atom stereocenters. The third kappa shape index (κ3) is 2.77. The Morgan fingerprint density at radius 3 is 2.18 bits per heavy atom. The molecule has 3 rings (SSSR count). The van der Waals surface area contributed by atoms with Crippen LogP contribution in [0.5, 0.6) is 0 Å². The topological polar surface area (TPSA) is 46.2 Å². The third-order valence-electron chi connectivity index (χ3n) is 4.09. The van der Waals surface area contributed by atoms with Gasteiger partial charge < -0.3 is 0 Å². The largest absolute Gasteiger partial charge is 0.296 e. The summed E-state index contributed by atoms with van der Waals surface area (Å²) in [6, 6.07) is 13.7. The Morgan fingerprint density at radius 2 is 1.55 bits per heavy atom. The first-order valence-corrected chi connectivity index (χ1v) is 7.20. The van der Waals surface area contributed by atoms with E-state index in [1.54, 1.807) is 12.1 Å². The van der Waals surface area contributed by atoms with E-state index in [1.165, 1.54) is 12.1 Å². The Kier molecular flexibility index (Phi) is 3.75. The summed E-state index contributed by atoms with van der Waals surface area (Å²) >= 11 is 0. The molecule has 22 heavy (non-hydrogen) atoms. The number of carbonyl (C=O) groups excluding carboxylic acids is 2. The summed E-state index contributed by atoms with van der Waals surface area (Å²) in [5.74, 6) is -1.65. The van der Waals surface area contributed by atoms with Gasteiger partial charge in [0.2, 0.25) is 11.8 Å². The van der Waals surface area contributed by atoms with Crippen LogP contribution in [-0.2, 0) is 9.59 Å². The van der Waals surface area contributed by atoms with Gasteiger partial charge in [-0.3, -0.25) is 14.9 Å². The van der Waals surface area contributed by atoms with Crippen molar-refractivity contribution in [2.45, 2.75) is 25.2 Å². The van der Waals surface area contributed by atoms with Crippen molar-refractivity contribution in [3.63, 3.8) is 0 Å². The summed E-state index contributed by atoms with van der Waals surface area (Å²) in [7, 11) is 0. The minimum absolute atomic E-state index is 0.229. The molecule has 0 radical (unpaired) electrons. The second-order valence-electron chi connectivity index (χ2n) is 5.66. The molecule has 2 aromatic rings. The van der Waals surface area contributed by atoms with Gasteiger partial charge >= 0.3 is 0 Å². The fourth-order valence-electron chi connectivity index (χ4n) is 2.94. The van der Waals surface area contributed by atoms with Crippen LogP contribution in [0.1, 0.15) is 34.9 Å². The van der Waals surface area contributed by atoms with Crippen molar-refractivity contribution in [1.29, 1.82) is 0 Å². The number of hydrogen-bond acceptors (Lipinski definition) is 2. The number of benzene rings is 2. The lowest BCUT2D eigenvalue weighted by Gasteiger charge is -2.30.